The summed E-state index contributed by atoms with van der Waals surface area (Å²) < 4.78 is 13.8. The molecule has 0 spiro atoms. The highest BCUT2D eigenvalue weighted by atomic mass is 35.5. The van der Waals surface area contributed by atoms with Crippen molar-refractivity contribution in [3.05, 3.63) is 34.6 Å². The quantitative estimate of drug-likeness (QED) is 0.864. The van der Waals surface area contributed by atoms with Crippen LogP contribution in [0.4, 0.5) is 4.39 Å². The minimum absolute atomic E-state index is 0.0181. The fourth-order valence-electron chi connectivity index (χ4n) is 2.03. The lowest BCUT2D eigenvalue weighted by molar-refractivity contribution is -0.122. The molecule has 1 aromatic carbocycles. The van der Waals surface area contributed by atoms with E-state index < -0.39 is 5.54 Å². The first kappa shape index (κ1) is 13.3. The molecule has 3 nitrogen and oxygen atoms in total. The third kappa shape index (κ3) is 2.82. The highest BCUT2D eigenvalue weighted by Gasteiger charge is 2.47. The Morgan fingerprint density at radius 1 is 1.50 bits per heavy atom. The summed E-state index contributed by atoms with van der Waals surface area (Å²) in [5.74, 6) is -0.543. The monoisotopic (exact) mass is 271 g/mol. The number of halogens is 2. The van der Waals surface area contributed by atoms with E-state index in [-0.39, 0.29) is 24.8 Å². The topological polar surface area (TPSA) is 49.3 Å². The molecular formula is C13H15ClFNO2. The summed E-state index contributed by atoms with van der Waals surface area (Å²) in [4.78, 5) is 11.6. The lowest BCUT2D eigenvalue weighted by Crippen LogP contribution is -2.35. The predicted molar refractivity (Wildman–Crippen MR) is 66.8 cm³/mol. The summed E-state index contributed by atoms with van der Waals surface area (Å²) in [6, 6.07) is 4.51. The Hall–Kier alpha value is -1.13. The van der Waals surface area contributed by atoms with Crippen LogP contribution in [-0.2, 0) is 10.3 Å². The van der Waals surface area contributed by atoms with Gasteiger partial charge < -0.3 is 10.4 Å². The third-order valence-corrected chi connectivity index (χ3v) is 3.37. The molecular weight excluding hydrogens is 257 g/mol. The fourth-order valence-corrected chi connectivity index (χ4v) is 2.19. The Morgan fingerprint density at radius 2 is 2.22 bits per heavy atom. The smallest absolute Gasteiger partial charge is 0.220 e. The van der Waals surface area contributed by atoms with Gasteiger partial charge in [0, 0.05) is 23.6 Å². The highest BCUT2D eigenvalue weighted by molar-refractivity contribution is 6.30. The van der Waals surface area contributed by atoms with Crippen molar-refractivity contribution >= 4 is 17.5 Å². The Labute approximate surface area is 110 Å². The molecule has 1 aliphatic rings. The van der Waals surface area contributed by atoms with Crippen molar-refractivity contribution in [1.82, 2.24) is 5.32 Å². The van der Waals surface area contributed by atoms with E-state index in [2.05, 4.69) is 5.32 Å². The van der Waals surface area contributed by atoms with E-state index >= 15 is 0 Å². The number of benzene rings is 1. The number of nitrogens with one attached hydrogen (secondary N) is 1. The molecule has 1 aliphatic carbocycles. The van der Waals surface area contributed by atoms with Gasteiger partial charge in [-0.25, -0.2) is 4.39 Å². The Morgan fingerprint density at radius 3 is 2.78 bits per heavy atom. The van der Waals surface area contributed by atoms with Crippen molar-refractivity contribution in [2.75, 3.05) is 6.61 Å². The van der Waals surface area contributed by atoms with Crippen molar-refractivity contribution in [2.45, 2.75) is 31.2 Å². The maximum Gasteiger partial charge on any atom is 0.220 e. The number of rotatable bonds is 5. The van der Waals surface area contributed by atoms with E-state index in [0.29, 0.717) is 17.0 Å². The number of hydrogen-bond donors (Lipinski definition) is 2. The summed E-state index contributed by atoms with van der Waals surface area (Å²) in [7, 11) is 0. The molecule has 0 aromatic heterocycles. The van der Waals surface area contributed by atoms with Crippen molar-refractivity contribution in [3.63, 3.8) is 0 Å². The minimum atomic E-state index is -0.568. The van der Waals surface area contributed by atoms with E-state index in [1.807, 2.05) is 0 Å². The molecule has 98 valence electrons. The van der Waals surface area contributed by atoms with Gasteiger partial charge >= 0.3 is 0 Å². The van der Waals surface area contributed by atoms with Gasteiger partial charge in [0.05, 0.1) is 5.54 Å². The van der Waals surface area contributed by atoms with Gasteiger partial charge in [-0.05, 0) is 31.4 Å². The largest absolute Gasteiger partial charge is 0.396 e. The molecule has 1 saturated carbocycles. The second kappa shape index (κ2) is 5.24. The molecule has 0 bridgehead atoms. The average Bonchev–Trinajstić information content (AvgIpc) is 3.06. The Kier molecular flexibility index (Phi) is 3.88. The number of hydrogen-bond acceptors (Lipinski definition) is 2. The van der Waals surface area contributed by atoms with Crippen LogP contribution < -0.4 is 5.32 Å². The molecule has 1 fully saturated rings. The van der Waals surface area contributed by atoms with E-state index in [1.165, 1.54) is 6.07 Å². The van der Waals surface area contributed by atoms with Crippen LogP contribution in [0.3, 0.4) is 0 Å². The number of carbonyl (C=O) groups excluding carboxylic acids is 1. The molecule has 0 radical (unpaired) electrons. The van der Waals surface area contributed by atoms with Gasteiger partial charge in [0.15, 0.2) is 0 Å². The van der Waals surface area contributed by atoms with Crippen molar-refractivity contribution < 1.29 is 14.3 Å². The maximum atomic E-state index is 13.8. The van der Waals surface area contributed by atoms with Gasteiger partial charge in [-0.15, -0.1) is 0 Å². The molecule has 0 aliphatic heterocycles. The van der Waals surface area contributed by atoms with Crippen LogP contribution in [0.25, 0.3) is 0 Å². The van der Waals surface area contributed by atoms with Crippen LogP contribution in [0, 0.1) is 5.82 Å². The number of carbonyl (C=O) groups is 1. The first-order valence-electron chi connectivity index (χ1n) is 5.95. The van der Waals surface area contributed by atoms with Crippen LogP contribution in [0.5, 0.6) is 0 Å². The summed E-state index contributed by atoms with van der Waals surface area (Å²) >= 11 is 5.71. The van der Waals surface area contributed by atoms with Crippen molar-refractivity contribution in [3.8, 4) is 0 Å². The van der Waals surface area contributed by atoms with Crippen molar-refractivity contribution in [2.24, 2.45) is 0 Å². The zero-order chi connectivity index (χ0) is 13.2. The average molecular weight is 272 g/mol. The predicted octanol–water partition coefficient (Wildman–Crippen LogP) is 2.36. The Balaban J connectivity index is 2.09. The zero-order valence-electron chi connectivity index (χ0n) is 9.88. The third-order valence-electron chi connectivity index (χ3n) is 3.14. The van der Waals surface area contributed by atoms with Crippen LogP contribution in [0.2, 0.25) is 5.02 Å². The van der Waals surface area contributed by atoms with Gasteiger partial charge in [-0.2, -0.15) is 0 Å². The first-order valence-corrected chi connectivity index (χ1v) is 6.32. The number of aliphatic hydroxyl groups is 1. The van der Waals surface area contributed by atoms with Crippen LogP contribution in [-0.4, -0.2) is 17.6 Å². The zero-order valence-corrected chi connectivity index (χ0v) is 10.6. The summed E-state index contributed by atoms with van der Waals surface area (Å²) in [5.41, 5.74) is -0.0782. The normalized spacial score (nSPS) is 16.4. The van der Waals surface area contributed by atoms with Crippen LogP contribution >= 0.6 is 11.6 Å². The lowest BCUT2D eigenvalue weighted by atomic mass is 10.0. The van der Waals surface area contributed by atoms with E-state index in [1.54, 1.807) is 12.1 Å². The van der Waals surface area contributed by atoms with Crippen LogP contribution in [0.15, 0.2) is 18.2 Å². The molecule has 0 unspecified atom stereocenters. The summed E-state index contributed by atoms with van der Waals surface area (Å²) in [5, 5.41) is 11.9. The SMILES string of the molecule is O=C(CCCO)NC1(c2ccc(Cl)cc2F)CC1. The van der Waals surface area contributed by atoms with Gasteiger partial charge in [0.1, 0.15) is 5.82 Å². The van der Waals surface area contributed by atoms with E-state index in [9.17, 15) is 9.18 Å². The second-order valence-corrected chi connectivity index (χ2v) is 5.02. The summed E-state index contributed by atoms with van der Waals surface area (Å²) in [6.07, 6.45) is 2.14. The molecule has 1 amide bonds. The van der Waals surface area contributed by atoms with Gasteiger partial charge in [0.2, 0.25) is 5.91 Å². The molecule has 5 heteroatoms. The van der Waals surface area contributed by atoms with Crippen molar-refractivity contribution in [1.29, 1.82) is 0 Å². The first-order chi connectivity index (χ1) is 8.57. The standard InChI is InChI=1S/C13H15ClFNO2/c14-9-3-4-10(11(15)8-9)13(5-6-13)16-12(18)2-1-7-17/h3-4,8,17H,1-2,5-7H2,(H,16,18). The molecule has 0 saturated heterocycles. The molecule has 18 heavy (non-hydrogen) atoms. The molecule has 2 N–H and O–H groups in total. The van der Waals surface area contributed by atoms with Gasteiger partial charge in [0.25, 0.3) is 0 Å². The molecule has 2 rings (SSSR count). The molecule has 0 atom stereocenters. The van der Waals surface area contributed by atoms with E-state index in [4.69, 9.17) is 16.7 Å². The minimum Gasteiger partial charge on any atom is -0.396 e. The lowest BCUT2D eigenvalue weighted by Gasteiger charge is -2.18. The molecule has 0 heterocycles. The summed E-state index contributed by atoms with van der Waals surface area (Å²) in [6.45, 7) is -0.0181. The second-order valence-electron chi connectivity index (χ2n) is 4.58. The van der Waals surface area contributed by atoms with Gasteiger partial charge in [-0.1, -0.05) is 17.7 Å². The molecule has 1 aromatic rings. The Bertz CT molecular complexity index is 460. The number of aliphatic hydroxyl groups excluding tert-OH is 1. The number of amides is 1. The van der Waals surface area contributed by atoms with E-state index in [0.717, 1.165) is 12.8 Å². The van der Waals surface area contributed by atoms with Crippen LogP contribution in [0.1, 0.15) is 31.2 Å². The maximum absolute atomic E-state index is 13.8. The highest BCUT2D eigenvalue weighted by Crippen LogP contribution is 2.46. The van der Waals surface area contributed by atoms with Gasteiger partial charge in [-0.3, -0.25) is 4.79 Å². The fraction of sp³-hybridized carbons (Fsp3) is 0.462.